The molecule has 1 rings (SSSR count). The molecule has 0 radical (unpaired) electrons. The van der Waals surface area contributed by atoms with E-state index < -0.39 is 80.3 Å². The van der Waals surface area contributed by atoms with Crippen LogP contribution in [0.5, 0.6) is 0 Å². The molecule has 0 aliphatic carbocycles. The van der Waals surface area contributed by atoms with Crippen LogP contribution < -0.4 is 5.32 Å². The summed E-state index contributed by atoms with van der Waals surface area (Å²) < 4.78 is 51.7. The van der Waals surface area contributed by atoms with Crippen molar-refractivity contribution < 1.29 is 61.3 Å². The summed E-state index contributed by atoms with van der Waals surface area (Å²) in [4.78, 5) is 59.5. The maximum Gasteiger partial charge on any atom is 0.359 e. The van der Waals surface area contributed by atoms with Crippen LogP contribution in [-0.2, 0) is 61.3 Å². The molecule has 1 saturated heterocycles. The van der Waals surface area contributed by atoms with Gasteiger partial charge in [0.2, 0.25) is 5.91 Å². The van der Waals surface area contributed by atoms with Gasteiger partial charge in [-0.1, -0.05) is 0 Å². The summed E-state index contributed by atoms with van der Waals surface area (Å²) in [6.45, 7) is 8.24. The van der Waals surface area contributed by atoms with E-state index in [-0.39, 0.29) is 19.6 Å². The number of nitrogens with one attached hydrogen (secondary N) is 1. The van der Waals surface area contributed by atoms with Gasteiger partial charge in [-0.3, -0.25) is 28.5 Å². The van der Waals surface area contributed by atoms with E-state index in [1.54, 1.807) is 13.8 Å². The Kier molecular flexibility index (Phi) is 13.2. The number of rotatable bonds is 13. The molecular formula is C22H36NO13P. The lowest BCUT2D eigenvalue weighted by Gasteiger charge is -2.45. The first kappa shape index (κ1) is 32.5. The van der Waals surface area contributed by atoms with E-state index in [0.717, 1.165) is 27.7 Å². The van der Waals surface area contributed by atoms with Crippen molar-refractivity contribution in [1.29, 1.82) is 0 Å². The highest BCUT2D eigenvalue weighted by Crippen LogP contribution is 2.57. The molecule has 15 heteroatoms. The zero-order valence-electron chi connectivity index (χ0n) is 22.0. The van der Waals surface area contributed by atoms with Crippen LogP contribution >= 0.6 is 7.60 Å². The molecule has 6 atom stereocenters. The third-order valence-electron chi connectivity index (χ3n) is 4.92. The molecule has 0 aromatic rings. The molecular weight excluding hydrogens is 517 g/mol. The van der Waals surface area contributed by atoms with Gasteiger partial charge in [-0.15, -0.1) is 0 Å². The first-order chi connectivity index (χ1) is 17.2. The molecule has 0 spiro atoms. The van der Waals surface area contributed by atoms with Crippen LogP contribution in [0.2, 0.25) is 0 Å². The highest BCUT2D eigenvalue weighted by atomic mass is 31.2. The van der Waals surface area contributed by atoms with Crippen LogP contribution in [-0.4, -0.2) is 85.9 Å². The summed E-state index contributed by atoms with van der Waals surface area (Å²) in [6, 6.07) is -1.17. The molecule has 1 amide bonds. The van der Waals surface area contributed by atoms with Crippen LogP contribution in [0.15, 0.2) is 0 Å². The van der Waals surface area contributed by atoms with E-state index in [0.29, 0.717) is 0 Å². The molecule has 0 aromatic carbocycles. The van der Waals surface area contributed by atoms with Crippen LogP contribution in [0.4, 0.5) is 0 Å². The lowest BCUT2D eigenvalue weighted by Crippen LogP contribution is -2.64. The number of esters is 4. The molecule has 1 fully saturated rings. The van der Waals surface area contributed by atoms with Gasteiger partial charge in [-0.05, 0) is 13.8 Å². The molecule has 1 N–H and O–H groups in total. The minimum Gasteiger partial charge on any atom is -0.462 e. The van der Waals surface area contributed by atoms with Crippen molar-refractivity contribution in [2.45, 2.75) is 91.2 Å². The second-order valence-electron chi connectivity index (χ2n) is 8.07. The van der Waals surface area contributed by atoms with Crippen LogP contribution in [0.25, 0.3) is 0 Å². The molecule has 0 saturated carbocycles. The zero-order chi connectivity index (χ0) is 28.3. The first-order valence-corrected chi connectivity index (χ1v) is 13.3. The molecule has 1 heterocycles. The molecule has 6 unspecified atom stereocenters. The van der Waals surface area contributed by atoms with E-state index in [9.17, 15) is 28.5 Å². The number of hydrogen-bond donors (Lipinski definition) is 1. The Hall–Kier alpha value is -2.54. The average Bonchev–Trinajstić information content (AvgIpc) is 2.75. The van der Waals surface area contributed by atoms with Crippen molar-refractivity contribution in [2.75, 3.05) is 19.8 Å². The zero-order valence-corrected chi connectivity index (χ0v) is 22.9. The van der Waals surface area contributed by atoms with Crippen LogP contribution in [0.1, 0.15) is 54.9 Å². The minimum absolute atomic E-state index is 0.00887. The van der Waals surface area contributed by atoms with Crippen molar-refractivity contribution in [3.8, 4) is 0 Å². The van der Waals surface area contributed by atoms with Gasteiger partial charge in [0.1, 0.15) is 18.8 Å². The monoisotopic (exact) mass is 553 g/mol. The van der Waals surface area contributed by atoms with E-state index in [2.05, 4.69) is 5.32 Å². The Labute approximate surface area is 215 Å². The van der Waals surface area contributed by atoms with Crippen LogP contribution in [0.3, 0.4) is 0 Å². The normalized spacial score (nSPS) is 23.2. The van der Waals surface area contributed by atoms with Gasteiger partial charge >= 0.3 is 31.5 Å². The Bertz CT molecular complexity index is 869. The Morgan fingerprint density at radius 2 is 1.46 bits per heavy atom. The fourth-order valence-corrected chi connectivity index (χ4v) is 5.71. The number of ether oxygens (including phenoxy) is 5. The smallest absolute Gasteiger partial charge is 0.359 e. The van der Waals surface area contributed by atoms with E-state index in [1.807, 2.05) is 0 Å². The van der Waals surface area contributed by atoms with Gasteiger partial charge in [0.25, 0.3) is 0 Å². The standard InChI is InChI=1S/C22H36NO13P/c1-8-31-37(29,32-9-2)19-10-17(33-14(5)26)20(23-12(3)24)22(36-19)21(35-16(7)28)18(34-15(6)27)11-30-13(4)25/h17-22H,8-11H2,1-7H3,(H,23,24). The predicted octanol–water partition coefficient (Wildman–Crippen LogP) is 1.23. The van der Waals surface area contributed by atoms with Gasteiger partial charge in [-0.2, -0.15) is 0 Å². The van der Waals surface area contributed by atoms with E-state index in [1.165, 1.54) is 6.92 Å². The van der Waals surface area contributed by atoms with Crippen molar-refractivity contribution in [2.24, 2.45) is 0 Å². The van der Waals surface area contributed by atoms with Crippen LogP contribution in [0, 0.1) is 0 Å². The summed E-state index contributed by atoms with van der Waals surface area (Å²) in [7, 11) is -4.00. The average molecular weight is 553 g/mol. The lowest BCUT2D eigenvalue weighted by atomic mass is 9.92. The Balaban J connectivity index is 3.70. The maximum atomic E-state index is 13.6. The minimum atomic E-state index is -4.00. The van der Waals surface area contributed by atoms with Gasteiger partial charge in [0.15, 0.2) is 18.1 Å². The Morgan fingerprint density at radius 1 is 0.892 bits per heavy atom. The third-order valence-corrected chi connectivity index (χ3v) is 7.20. The molecule has 0 aromatic heterocycles. The Morgan fingerprint density at radius 3 is 1.89 bits per heavy atom. The predicted molar refractivity (Wildman–Crippen MR) is 125 cm³/mol. The SMILES string of the molecule is CCOP(=O)(OCC)C1CC(OC(C)=O)C(NC(C)=O)C(C(OC(C)=O)C(COC(C)=O)OC(C)=O)O1. The van der Waals surface area contributed by atoms with Gasteiger partial charge in [0.05, 0.1) is 19.3 Å². The summed E-state index contributed by atoms with van der Waals surface area (Å²) >= 11 is 0. The van der Waals surface area contributed by atoms with Gasteiger partial charge in [0, 0.05) is 41.0 Å². The van der Waals surface area contributed by atoms with E-state index >= 15 is 0 Å². The van der Waals surface area contributed by atoms with E-state index in [4.69, 9.17) is 32.7 Å². The second kappa shape index (κ2) is 15.0. The summed E-state index contributed by atoms with van der Waals surface area (Å²) in [6.07, 6.45) is -5.72. The highest BCUT2D eigenvalue weighted by Gasteiger charge is 2.54. The van der Waals surface area contributed by atoms with Crippen molar-refractivity contribution in [3.05, 3.63) is 0 Å². The molecule has 1 aliphatic rings. The second-order valence-corrected chi connectivity index (χ2v) is 10.2. The molecule has 14 nitrogen and oxygen atoms in total. The molecule has 212 valence electrons. The summed E-state index contributed by atoms with van der Waals surface area (Å²) in [5, 5.41) is 2.60. The van der Waals surface area contributed by atoms with Crippen molar-refractivity contribution in [1.82, 2.24) is 5.32 Å². The highest BCUT2D eigenvalue weighted by molar-refractivity contribution is 7.54. The first-order valence-electron chi connectivity index (χ1n) is 11.7. The summed E-state index contributed by atoms with van der Waals surface area (Å²) in [5.41, 5.74) is 0. The van der Waals surface area contributed by atoms with Crippen molar-refractivity contribution >= 4 is 37.4 Å². The fourth-order valence-electron chi connectivity index (χ4n) is 3.83. The maximum absolute atomic E-state index is 13.6. The molecule has 1 aliphatic heterocycles. The third kappa shape index (κ3) is 10.4. The van der Waals surface area contributed by atoms with Crippen molar-refractivity contribution in [3.63, 3.8) is 0 Å². The quantitative estimate of drug-likeness (QED) is 0.196. The fraction of sp³-hybridized carbons (Fsp3) is 0.773. The number of carbonyl (C=O) groups is 5. The topological polar surface area (TPSA) is 179 Å². The largest absolute Gasteiger partial charge is 0.462 e. The molecule has 37 heavy (non-hydrogen) atoms. The number of carbonyl (C=O) groups excluding carboxylic acids is 5. The number of hydrogen-bond acceptors (Lipinski definition) is 13. The lowest BCUT2D eigenvalue weighted by molar-refractivity contribution is -0.207. The summed E-state index contributed by atoms with van der Waals surface area (Å²) in [5.74, 6) is -4.96. The molecule has 0 bridgehead atoms. The van der Waals surface area contributed by atoms with Gasteiger partial charge < -0.3 is 38.0 Å². The van der Waals surface area contributed by atoms with Gasteiger partial charge in [-0.25, -0.2) is 0 Å². The number of amides is 1.